The normalized spacial score (nSPS) is 31.9. The summed E-state index contributed by atoms with van der Waals surface area (Å²) in [4.78, 5) is 0. The van der Waals surface area contributed by atoms with Crippen molar-refractivity contribution in [3.05, 3.63) is 0 Å². The van der Waals surface area contributed by atoms with Gasteiger partial charge < -0.3 is 5.32 Å². The number of hydrogen-bond donors (Lipinski definition) is 1. The monoisotopic (exact) mass is 315 g/mol. The second-order valence-electron chi connectivity index (χ2n) is 7.17. The zero-order valence-corrected chi connectivity index (χ0v) is 13.9. The van der Waals surface area contributed by atoms with E-state index in [0.717, 1.165) is 32.4 Å². The summed E-state index contributed by atoms with van der Waals surface area (Å²) >= 11 is 0. The van der Waals surface area contributed by atoms with Crippen LogP contribution in [0.15, 0.2) is 0 Å². The highest BCUT2D eigenvalue weighted by molar-refractivity contribution is 7.86. The van der Waals surface area contributed by atoms with Gasteiger partial charge in [0.15, 0.2) is 0 Å². The Balaban J connectivity index is 1.69. The Bertz CT molecular complexity index is 444. The predicted octanol–water partition coefficient (Wildman–Crippen LogP) is 1.43. The minimum atomic E-state index is -3.27. The van der Waals surface area contributed by atoms with Gasteiger partial charge in [-0.1, -0.05) is 6.92 Å². The molecule has 2 unspecified atom stereocenters. The van der Waals surface area contributed by atoms with E-state index in [9.17, 15) is 8.42 Å². The summed E-state index contributed by atoms with van der Waals surface area (Å²) in [6.45, 7) is 5.97. The van der Waals surface area contributed by atoms with Crippen molar-refractivity contribution in [2.45, 2.75) is 51.5 Å². The average Bonchev–Trinajstić information content (AvgIpc) is 3.12. The topological polar surface area (TPSA) is 52.7 Å². The minimum absolute atomic E-state index is 0.348. The highest BCUT2D eigenvalue weighted by Gasteiger charge is 2.37. The van der Waals surface area contributed by atoms with Gasteiger partial charge in [0.2, 0.25) is 0 Å². The van der Waals surface area contributed by atoms with Gasteiger partial charge in [-0.25, -0.2) is 0 Å². The van der Waals surface area contributed by atoms with Crippen LogP contribution in [0.25, 0.3) is 0 Å². The van der Waals surface area contributed by atoms with Crippen LogP contribution in [0.1, 0.15) is 45.4 Å². The van der Waals surface area contributed by atoms with Gasteiger partial charge in [0, 0.05) is 32.2 Å². The molecule has 5 nitrogen and oxygen atoms in total. The molecule has 0 amide bonds. The second-order valence-corrected chi connectivity index (χ2v) is 9.10. The smallest absolute Gasteiger partial charge is 0.282 e. The molecule has 2 saturated heterocycles. The molecule has 3 aliphatic rings. The van der Waals surface area contributed by atoms with E-state index in [1.54, 1.807) is 8.61 Å². The molecule has 2 aliphatic heterocycles. The van der Waals surface area contributed by atoms with Crippen LogP contribution in [-0.4, -0.2) is 55.8 Å². The molecule has 2 atom stereocenters. The summed E-state index contributed by atoms with van der Waals surface area (Å²) in [6, 6.07) is 0.348. The molecule has 6 heteroatoms. The Labute approximate surface area is 129 Å². The molecule has 0 spiro atoms. The molecule has 1 saturated carbocycles. The standard InChI is InChI=1S/C15H29N3O2S/c1-13-4-3-9-17(10-13)21(19,20)18(11-14-6-7-14)12-15-5-2-8-16-15/h13-16H,2-12H2,1H3. The fourth-order valence-corrected chi connectivity index (χ4v) is 5.43. The fourth-order valence-electron chi connectivity index (χ4n) is 3.53. The Kier molecular flexibility index (Phi) is 4.88. The Morgan fingerprint density at radius 2 is 1.95 bits per heavy atom. The van der Waals surface area contributed by atoms with Crippen molar-refractivity contribution in [1.82, 2.24) is 13.9 Å². The van der Waals surface area contributed by atoms with Gasteiger partial charge in [-0.3, -0.25) is 0 Å². The lowest BCUT2D eigenvalue weighted by atomic mass is 10.0. The van der Waals surface area contributed by atoms with E-state index in [0.29, 0.717) is 37.5 Å². The maximum absolute atomic E-state index is 13.0. The maximum atomic E-state index is 13.0. The molecule has 122 valence electrons. The first-order valence-corrected chi connectivity index (χ1v) is 9.94. The van der Waals surface area contributed by atoms with Crippen molar-refractivity contribution in [2.75, 3.05) is 32.7 Å². The first-order chi connectivity index (χ1) is 10.1. The molecule has 0 radical (unpaired) electrons. The Morgan fingerprint density at radius 3 is 2.57 bits per heavy atom. The molecule has 2 heterocycles. The van der Waals surface area contributed by atoms with Crippen molar-refractivity contribution in [2.24, 2.45) is 11.8 Å². The van der Waals surface area contributed by atoms with E-state index in [2.05, 4.69) is 12.2 Å². The minimum Gasteiger partial charge on any atom is -0.313 e. The number of rotatable bonds is 6. The largest absolute Gasteiger partial charge is 0.313 e. The van der Waals surface area contributed by atoms with Crippen molar-refractivity contribution in [3.8, 4) is 0 Å². The van der Waals surface area contributed by atoms with Crippen molar-refractivity contribution < 1.29 is 8.42 Å². The molecule has 1 aliphatic carbocycles. The summed E-state index contributed by atoms with van der Waals surface area (Å²) in [5.74, 6) is 1.09. The molecule has 3 fully saturated rings. The zero-order chi connectivity index (χ0) is 14.9. The molecular formula is C15H29N3O2S. The van der Waals surface area contributed by atoms with E-state index in [4.69, 9.17) is 0 Å². The van der Waals surface area contributed by atoms with Crippen LogP contribution in [0.5, 0.6) is 0 Å². The van der Waals surface area contributed by atoms with E-state index in [1.165, 1.54) is 19.3 Å². The molecule has 0 aromatic carbocycles. The third-order valence-corrected chi connectivity index (χ3v) is 6.95. The third kappa shape index (κ3) is 3.97. The Morgan fingerprint density at radius 1 is 1.14 bits per heavy atom. The summed E-state index contributed by atoms with van der Waals surface area (Å²) in [5, 5.41) is 3.44. The van der Waals surface area contributed by atoms with Crippen molar-refractivity contribution in [1.29, 1.82) is 0 Å². The number of nitrogens with zero attached hydrogens (tertiary/aromatic N) is 2. The number of piperidine rings is 1. The molecule has 0 aromatic heterocycles. The lowest BCUT2D eigenvalue weighted by Crippen LogP contribution is -2.51. The first-order valence-electron chi connectivity index (χ1n) is 8.54. The van der Waals surface area contributed by atoms with Crippen molar-refractivity contribution in [3.63, 3.8) is 0 Å². The van der Waals surface area contributed by atoms with Crippen LogP contribution < -0.4 is 5.32 Å². The van der Waals surface area contributed by atoms with Gasteiger partial charge >= 0.3 is 0 Å². The quantitative estimate of drug-likeness (QED) is 0.807. The van der Waals surface area contributed by atoms with Crippen LogP contribution in [0, 0.1) is 11.8 Å². The van der Waals surface area contributed by atoms with Gasteiger partial charge in [0.05, 0.1) is 0 Å². The van der Waals surface area contributed by atoms with Crippen LogP contribution >= 0.6 is 0 Å². The van der Waals surface area contributed by atoms with E-state index >= 15 is 0 Å². The second kappa shape index (κ2) is 6.52. The molecule has 0 bridgehead atoms. The molecular weight excluding hydrogens is 286 g/mol. The lowest BCUT2D eigenvalue weighted by molar-refractivity contribution is 0.250. The maximum Gasteiger partial charge on any atom is 0.282 e. The van der Waals surface area contributed by atoms with Crippen LogP contribution in [0.2, 0.25) is 0 Å². The molecule has 0 aromatic rings. The van der Waals surface area contributed by atoms with E-state index in [1.807, 2.05) is 0 Å². The molecule has 1 N–H and O–H groups in total. The van der Waals surface area contributed by atoms with Crippen LogP contribution in [0.4, 0.5) is 0 Å². The third-order valence-electron chi connectivity index (χ3n) is 5.02. The highest BCUT2D eigenvalue weighted by Crippen LogP contribution is 2.32. The number of hydrogen-bond acceptors (Lipinski definition) is 3. The van der Waals surface area contributed by atoms with Gasteiger partial charge in [-0.15, -0.1) is 0 Å². The zero-order valence-electron chi connectivity index (χ0n) is 13.1. The summed E-state index contributed by atoms with van der Waals surface area (Å²) in [6.07, 6.45) is 6.81. The van der Waals surface area contributed by atoms with Crippen LogP contribution in [-0.2, 0) is 10.2 Å². The fraction of sp³-hybridized carbons (Fsp3) is 1.00. The SMILES string of the molecule is CC1CCCN(S(=O)(=O)N(CC2CC2)CC2CCCN2)C1. The van der Waals surface area contributed by atoms with Gasteiger partial charge in [-0.2, -0.15) is 17.0 Å². The van der Waals surface area contributed by atoms with E-state index in [-0.39, 0.29) is 0 Å². The first kappa shape index (κ1) is 15.7. The molecule has 3 rings (SSSR count). The predicted molar refractivity (Wildman–Crippen MR) is 84.2 cm³/mol. The molecule has 21 heavy (non-hydrogen) atoms. The lowest BCUT2D eigenvalue weighted by Gasteiger charge is -2.35. The van der Waals surface area contributed by atoms with Gasteiger partial charge in [0.1, 0.15) is 0 Å². The summed E-state index contributed by atoms with van der Waals surface area (Å²) < 4.78 is 29.5. The summed E-state index contributed by atoms with van der Waals surface area (Å²) in [7, 11) is -3.27. The van der Waals surface area contributed by atoms with E-state index < -0.39 is 10.2 Å². The highest BCUT2D eigenvalue weighted by atomic mass is 32.2. The van der Waals surface area contributed by atoms with Crippen molar-refractivity contribution >= 4 is 10.2 Å². The van der Waals surface area contributed by atoms with Gasteiger partial charge in [-0.05, 0) is 56.9 Å². The van der Waals surface area contributed by atoms with Gasteiger partial charge in [0.25, 0.3) is 10.2 Å². The summed E-state index contributed by atoms with van der Waals surface area (Å²) in [5.41, 5.74) is 0. The Hall–Kier alpha value is -0.170. The number of nitrogens with one attached hydrogen (secondary N) is 1. The average molecular weight is 315 g/mol. The van der Waals surface area contributed by atoms with Crippen LogP contribution in [0.3, 0.4) is 0 Å².